The highest BCUT2D eigenvalue weighted by Gasteiger charge is 2.23. The van der Waals surface area contributed by atoms with Crippen LogP contribution in [-0.2, 0) is 0 Å². The average molecular weight is 411 g/mol. The molecule has 0 fully saturated rings. The number of hydrogen-bond acceptors (Lipinski definition) is 5. The molecule has 0 aliphatic heterocycles. The van der Waals surface area contributed by atoms with E-state index in [1.807, 2.05) is 35.1 Å². The Bertz CT molecular complexity index is 1250. The minimum absolute atomic E-state index is 0.0777. The van der Waals surface area contributed by atoms with E-state index in [2.05, 4.69) is 20.5 Å². The van der Waals surface area contributed by atoms with Crippen LogP contribution in [0.5, 0.6) is 0 Å². The van der Waals surface area contributed by atoms with Gasteiger partial charge >= 0.3 is 0 Å². The number of fused-ring (bicyclic) bond motifs is 2. The number of halogens is 1. The Balaban J connectivity index is 1.69. The molecule has 4 rings (SSSR count). The molecule has 0 saturated carbocycles. The van der Waals surface area contributed by atoms with Crippen LogP contribution in [0.2, 0.25) is 0 Å². The third-order valence-electron chi connectivity index (χ3n) is 4.68. The fourth-order valence-electron chi connectivity index (χ4n) is 3.22. The number of rotatable bonds is 6. The fraction of sp³-hybridized carbons (Fsp3) is 0.200. The number of thioether (sulfide) groups is 1. The summed E-state index contributed by atoms with van der Waals surface area (Å²) in [5.41, 5.74) is 0.151. The first-order chi connectivity index (χ1) is 14.1. The number of para-hydroxylation sites is 1. The Morgan fingerprint density at radius 2 is 2.14 bits per heavy atom. The highest BCUT2D eigenvalue weighted by molar-refractivity contribution is 7.98. The molecule has 0 saturated heterocycles. The predicted octanol–water partition coefficient (Wildman–Crippen LogP) is 2.93. The molecule has 1 unspecified atom stereocenters. The first-order valence-corrected chi connectivity index (χ1v) is 10.4. The summed E-state index contributed by atoms with van der Waals surface area (Å²) in [6.07, 6.45) is 5.66. The van der Waals surface area contributed by atoms with E-state index in [1.165, 1.54) is 24.4 Å². The van der Waals surface area contributed by atoms with E-state index in [0.717, 1.165) is 5.75 Å². The van der Waals surface area contributed by atoms with Gasteiger partial charge in [-0.1, -0.05) is 12.1 Å². The summed E-state index contributed by atoms with van der Waals surface area (Å²) in [7, 11) is 0. The number of carbonyl (C=O) groups is 1. The Kier molecular flexibility index (Phi) is 5.30. The van der Waals surface area contributed by atoms with Gasteiger partial charge < -0.3 is 10.3 Å². The van der Waals surface area contributed by atoms with Gasteiger partial charge in [0.25, 0.3) is 5.91 Å². The number of amides is 1. The maximum absolute atomic E-state index is 13.9. The maximum Gasteiger partial charge on any atom is 0.257 e. The number of aromatic nitrogens is 4. The lowest BCUT2D eigenvalue weighted by Gasteiger charge is -2.17. The Labute approximate surface area is 169 Å². The third kappa shape index (κ3) is 3.61. The van der Waals surface area contributed by atoms with E-state index < -0.39 is 23.2 Å². The van der Waals surface area contributed by atoms with E-state index in [9.17, 15) is 14.0 Å². The first-order valence-electron chi connectivity index (χ1n) is 8.99. The SMILES string of the molecule is CSCCC(NC(=O)c1c[nH]c2c(F)cccc2c1=O)c1nnc2ccccn12. The molecule has 0 aliphatic rings. The molecule has 2 N–H and O–H groups in total. The van der Waals surface area contributed by atoms with Crippen molar-refractivity contribution < 1.29 is 9.18 Å². The lowest BCUT2D eigenvalue weighted by molar-refractivity contribution is 0.0932. The Morgan fingerprint density at radius 1 is 1.28 bits per heavy atom. The van der Waals surface area contributed by atoms with Gasteiger partial charge in [0.05, 0.1) is 11.6 Å². The molecule has 29 heavy (non-hydrogen) atoms. The highest BCUT2D eigenvalue weighted by atomic mass is 32.2. The quantitative estimate of drug-likeness (QED) is 0.509. The maximum atomic E-state index is 13.9. The molecule has 1 atom stereocenters. The van der Waals surface area contributed by atoms with E-state index in [0.29, 0.717) is 17.9 Å². The molecule has 148 valence electrons. The molecule has 0 bridgehead atoms. The zero-order chi connectivity index (χ0) is 20.4. The lowest BCUT2D eigenvalue weighted by Crippen LogP contribution is -2.33. The summed E-state index contributed by atoms with van der Waals surface area (Å²) >= 11 is 1.64. The summed E-state index contributed by atoms with van der Waals surface area (Å²) in [5.74, 6) is 0.285. The zero-order valence-corrected chi connectivity index (χ0v) is 16.4. The van der Waals surface area contributed by atoms with Crippen molar-refractivity contribution in [2.45, 2.75) is 12.5 Å². The van der Waals surface area contributed by atoms with Gasteiger partial charge in [-0.05, 0) is 42.7 Å². The van der Waals surface area contributed by atoms with Crippen LogP contribution in [0.3, 0.4) is 0 Å². The second kappa shape index (κ2) is 8.04. The van der Waals surface area contributed by atoms with Crippen molar-refractivity contribution in [2.24, 2.45) is 0 Å². The fourth-order valence-corrected chi connectivity index (χ4v) is 3.69. The standard InChI is InChI=1S/C20H18FN5O2S/c1-29-10-8-15(19-25-24-16-7-2-3-9-26(16)19)23-20(28)13-11-22-17-12(18(13)27)5-4-6-14(17)21/h2-7,9,11,15H,8,10H2,1H3,(H,22,27)(H,23,28). The van der Waals surface area contributed by atoms with Crippen molar-refractivity contribution in [3.05, 3.63) is 76.2 Å². The van der Waals surface area contributed by atoms with Gasteiger partial charge in [0, 0.05) is 17.8 Å². The Morgan fingerprint density at radius 3 is 2.97 bits per heavy atom. The zero-order valence-electron chi connectivity index (χ0n) is 15.6. The van der Waals surface area contributed by atoms with Crippen LogP contribution < -0.4 is 10.7 Å². The molecule has 4 aromatic rings. The van der Waals surface area contributed by atoms with Crippen molar-refractivity contribution in [3.63, 3.8) is 0 Å². The summed E-state index contributed by atoms with van der Waals surface area (Å²) in [4.78, 5) is 28.4. The van der Waals surface area contributed by atoms with Crippen LogP contribution in [-0.4, -0.2) is 37.5 Å². The number of hydrogen-bond donors (Lipinski definition) is 2. The summed E-state index contributed by atoms with van der Waals surface area (Å²) in [6, 6.07) is 9.30. The molecule has 1 amide bonds. The highest BCUT2D eigenvalue weighted by Crippen LogP contribution is 2.19. The van der Waals surface area contributed by atoms with Crippen molar-refractivity contribution >= 4 is 34.2 Å². The van der Waals surface area contributed by atoms with Crippen LogP contribution >= 0.6 is 11.8 Å². The molecule has 3 aromatic heterocycles. The Hall–Kier alpha value is -3.20. The molecule has 0 spiro atoms. The molecule has 9 heteroatoms. The van der Waals surface area contributed by atoms with E-state index >= 15 is 0 Å². The van der Waals surface area contributed by atoms with Gasteiger partial charge in [0.2, 0.25) is 5.43 Å². The molecule has 0 radical (unpaired) electrons. The number of pyridine rings is 2. The number of nitrogens with one attached hydrogen (secondary N) is 2. The predicted molar refractivity (Wildman–Crippen MR) is 111 cm³/mol. The molecule has 3 heterocycles. The summed E-state index contributed by atoms with van der Waals surface area (Å²) in [6.45, 7) is 0. The molecular formula is C20H18FN5O2S. The molecule has 7 nitrogen and oxygen atoms in total. The van der Waals surface area contributed by atoms with Gasteiger partial charge in [0.1, 0.15) is 11.4 Å². The van der Waals surface area contributed by atoms with Gasteiger partial charge in [0.15, 0.2) is 11.5 Å². The van der Waals surface area contributed by atoms with Gasteiger partial charge in [-0.15, -0.1) is 10.2 Å². The normalized spacial score (nSPS) is 12.3. The van der Waals surface area contributed by atoms with Crippen LogP contribution in [0, 0.1) is 5.82 Å². The molecule has 1 aromatic carbocycles. The molecule has 0 aliphatic carbocycles. The third-order valence-corrected chi connectivity index (χ3v) is 5.32. The van der Waals surface area contributed by atoms with Gasteiger partial charge in [-0.25, -0.2) is 4.39 Å². The second-order valence-electron chi connectivity index (χ2n) is 6.49. The van der Waals surface area contributed by atoms with Crippen molar-refractivity contribution in [1.82, 2.24) is 24.9 Å². The first kappa shape index (κ1) is 19.1. The van der Waals surface area contributed by atoms with Gasteiger partial charge in [-0.3, -0.25) is 14.0 Å². The smallest absolute Gasteiger partial charge is 0.257 e. The van der Waals surface area contributed by atoms with Crippen LogP contribution in [0.25, 0.3) is 16.6 Å². The van der Waals surface area contributed by atoms with E-state index in [1.54, 1.807) is 11.8 Å². The van der Waals surface area contributed by atoms with Crippen LogP contribution in [0.1, 0.15) is 28.6 Å². The van der Waals surface area contributed by atoms with Crippen LogP contribution in [0.4, 0.5) is 4.39 Å². The number of benzene rings is 1. The monoisotopic (exact) mass is 411 g/mol. The van der Waals surface area contributed by atoms with Crippen LogP contribution in [0.15, 0.2) is 53.6 Å². The second-order valence-corrected chi connectivity index (χ2v) is 7.47. The van der Waals surface area contributed by atoms with Crippen molar-refractivity contribution in [2.75, 3.05) is 12.0 Å². The minimum atomic E-state index is -0.545. The number of H-pyrrole nitrogens is 1. The van der Waals surface area contributed by atoms with E-state index in [4.69, 9.17) is 0 Å². The number of nitrogens with zero attached hydrogens (tertiary/aromatic N) is 3. The number of carbonyl (C=O) groups excluding carboxylic acids is 1. The summed E-state index contributed by atoms with van der Waals surface area (Å²) < 4.78 is 15.7. The van der Waals surface area contributed by atoms with Crippen molar-refractivity contribution in [3.8, 4) is 0 Å². The largest absolute Gasteiger partial charge is 0.358 e. The number of aromatic amines is 1. The van der Waals surface area contributed by atoms with E-state index in [-0.39, 0.29) is 16.5 Å². The van der Waals surface area contributed by atoms with Gasteiger partial charge in [-0.2, -0.15) is 11.8 Å². The van der Waals surface area contributed by atoms with Crippen molar-refractivity contribution in [1.29, 1.82) is 0 Å². The summed E-state index contributed by atoms with van der Waals surface area (Å²) in [5, 5.41) is 11.4. The minimum Gasteiger partial charge on any atom is -0.358 e. The molecular weight excluding hydrogens is 393 g/mol. The lowest BCUT2D eigenvalue weighted by atomic mass is 10.1. The topological polar surface area (TPSA) is 92.1 Å². The average Bonchev–Trinajstić information content (AvgIpc) is 3.16.